The summed E-state index contributed by atoms with van der Waals surface area (Å²) in [5.41, 5.74) is -3.20. The molecule has 1 aliphatic carbocycles. The minimum atomic E-state index is -4.90. The first kappa shape index (κ1) is 17.0. The summed E-state index contributed by atoms with van der Waals surface area (Å²) in [4.78, 5) is 37.1. The third-order valence-corrected chi connectivity index (χ3v) is 3.18. The summed E-state index contributed by atoms with van der Waals surface area (Å²) in [5.74, 6) is -1.79. The Labute approximate surface area is 129 Å². The molecule has 126 valence electrons. The molecule has 1 aliphatic rings. The highest BCUT2D eigenvalue weighted by Crippen LogP contribution is 2.30. The van der Waals surface area contributed by atoms with Gasteiger partial charge >= 0.3 is 12.1 Å². The molecular formula is C14H15F3N2O4. The molecular weight excluding hydrogens is 317 g/mol. The van der Waals surface area contributed by atoms with Crippen LogP contribution in [0.1, 0.15) is 42.1 Å². The zero-order valence-electron chi connectivity index (χ0n) is 12.3. The Hall–Kier alpha value is -2.32. The number of Topliss-reactive ketones (excluding diaryl/α,β-unsaturated/α-hetero) is 1. The Morgan fingerprint density at radius 1 is 1.39 bits per heavy atom. The molecule has 2 rings (SSSR count). The van der Waals surface area contributed by atoms with Crippen molar-refractivity contribution in [1.82, 2.24) is 4.98 Å². The number of hydrogen-bond donors (Lipinski definition) is 2. The van der Waals surface area contributed by atoms with Gasteiger partial charge in [0.15, 0.2) is 5.78 Å². The number of nitrogens with one attached hydrogen (secondary N) is 2. The van der Waals surface area contributed by atoms with Crippen molar-refractivity contribution in [2.45, 2.75) is 38.4 Å². The predicted molar refractivity (Wildman–Crippen MR) is 74.3 cm³/mol. The summed E-state index contributed by atoms with van der Waals surface area (Å²) < 4.78 is 43.1. The molecule has 9 heteroatoms. The number of rotatable bonds is 6. The van der Waals surface area contributed by atoms with E-state index in [1.165, 1.54) is 0 Å². The van der Waals surface area contributed by atoms with E-state index in [1.807, 2.05) is 4.98 Å². The molecule has 1 saturated carbocycles. The quantitative estimate of drug-likeness (QED) is 0.473. The van der Waals surface area contributed by atoms with E-state index in [9.17, 15) is 27.6 Å². The second kappa shape index (κ2) is 6.43. The number of aromatic nitrogens is 1. The Bertz CT molecular complexity index is 678. The Kier molecular flexibility index (Phi) is 4.76. The third kappa shape index (κ3) is 4.33. The van der Waals surface area contributed by atoms with Crippen molar-refractivity contribution in [2.24, 2.45) is 0 Å². The SMILES string of the molecule is CCOC(=O)CC(=O)c1cc(C(F)(F)F)c(=O)[nH]c1NC1CC1. The zero-order chi connectivity index (χ0) is 17.2. The molecule has 0 spiro atoms. The second-order valence-corrected chi connectivity index (χ2v) is 5.12. The number of pyridine rings is 1. The van der Waals surface area contributed by atoms with Gasteiger partial charge in [-0.1, -0.05) is 0 Å². The monoisotopic (exact) mass is 332 g/mol. The maximum Gasteiger partial charge on any atom is 0.421 e. The number of hydrogen-bond acceptors (Lipinski definition) is 5. The van der Waals surface area contributed by atoms with E-state index in [-0.39, 0.29) is 24.0 Å². The molecule has 0 unspecified atom stereocenters. The number of aromatic amines is 1. The van der Waals surface area contributed by atoms with Crippen LogP contribution in [0, 0.1) is 0 Å². The maximum absolute atomic E-state index is 12.8. The predicted octanol–water partition coefficient (Wildman–Crippen LogP) is 2.10. The first-order chi connectivity index (χ1) is 10.7. The van der Waals surface area contributed by atoms with E-state index in [1.54, 1.807) is 6.92 Å². The van der Waals surface area contributed by atoms with Gasteiger partial charge in [-0.15, -0.1) is 0 Å². The number of alkyl halides is 3. The Balaban J connectivity index is 2.38. The third-order valence-electron chi connectivity index (χ3n) is 3.18. The fourth-order valence-corrected chi connectivity index (χ4v) is 1.94. The number of anilines is 1. The molecule has 0 atom stereocenters. The molecule has 0 radical (unpaired) electrons. The first-order valence-corrected chi connectivity index (χ1v) is 7.02. The summed E-state index contributed by atoms with van der Waals surface area (Å²) in [6.45, 7) is 1.60. The molecule has 23 heavy (non-hydrogen) atoms. The van der Waals surface area contributed by atoms with Crippen LogP contribution in [0.25, 0.3) is 0 Å². The van der Waals surface area contributed by atoms with E-state index >= 15 is 0 Å². The maximum atomic E-state index is 12.8. The van der Waals surface area contributed by atoms with Gasteiger partial charge in [0.25, 0.3) is 5.56 Å². The van der Waals surface area contributed by atoms with E-state index in [0.717, 1.165) is 12.8 Å². The van der Waals surface area contributed by atoms with Gasteiger partial charge in [-0.05, 0) is 25.8 Å². The number of H-pyrrole nitrogens is 1. The van der Waals surface area contributed by atoms with Crippen molar-refractivity contribution in [3.8, 4) is 0 Å². The fourth-order valence-electron chi connectivity index (χ4n) is 1.94. The van der Waals surface area contributed by atoms with E-state index in [0.29, 0.717) is 6.07 Å². The number of ether oxygens (including phenoxy) is 1. The standard InChI is InChI=1S/C14H15F3N2O4/c1-2-23-11(21)6-10(20)8-5-9(14(15,16)17)13(22)19-12(8)18-7-3-4-7/h5,7H,2-4,6H2,1H3,(H2,18,19,22). The zero-order valence-corrected chi connectivity index (χ0v) is 12.3. The molecule has 0 amide bonds. The van der Waals surface area contributed by atoms with Crippen molar-refractivity contribution in [2.75, 3.05) is 11.9 Å². The van der Waals surface area contributed by atoms with Gasteiger partial charge in [0.1, 0.15) is 17.8 Å². The molecule has 0 aromatic carbocycles. The van der Waals surface area contributed by atoms with Gasteiger partial charge in [-0.2, -0.15) is 13.2 Å². The average Bonchev–Trinajstić information content (AvgIpc) is 3.21. The number of halogens is 3. The minimum absolute atomic E-state index is 0.00321. The van der Waals surface area contributed by atoms with Crippen molar-refractivity contribution < 1.29 is 27.5 Å². The Morgan fingerprint density at radius 2 is 2.04 bits per heavy atom. The molecule has 0 saturated heterocycles. The van der Waals surface area contributed by atoms with Crippen LogP contribution in [-0.2, 0) is 15.7 Å². The second-order valence-electron chi connectivity index (χ2n) is 5.12. The van der Waals surface area contributed by atoms with Gasteiger partial charge in [0, 0.05) is 6.04 Å². The Morgan fingerprint density at radius 3 is 2.57 bits per heavy atom. The molecule has 1 aromatic rings. The first-order valence-electron chi connectivity index (χ1n) is 7.02. The van der Waals surface area contributed by atoms with Crippen LogP contribution in [0.3, 0.4) is 0 Å². The lowest BCUT2D eigenvalue weighted by molar-refractivity contribution is -0.142. The summed E-state index contributed by atoms with van der Waals surface area (Å²) in [6, 6.07) is 0.474. The molecule has 1 aromatic heterocycles. The lowest BCUT2D eigenvalue weighted by Gasteiger charge is -2.13. The molecule has 1 heterocycles. The van der Waals surface area contributed by atoms with Gasteiger partial charge in [0.2, 0.25) is 0 Å². The van der Waals surface area contributed by atoms with Crippen molar-refractivity contribution >= 4 is 17.6 Å². The molecule has 1 fully saturated rings. The van der Waals surface area contributed by atoms with E-state index in [4.69, 9.17) is 0 Å². The van der Waals surface area contributed by atoms with Gasteiger partial charge in [-0.3, -0.25) is 14.4 Å². The van der Waals surface area contributed by atoms with Crippen LogP contribution in [0.2, 0.25) is 0 Å². The summed E-state index contributed by atoms with van der Waals surface area (Å²) in [7, 11) is 0. The highest BCUT2D eigenvalue weighted by atomic mass is 19.4. The normalized spacial score (nSPS) is 14.4. The van der Waals surface area contributed by atoms with Crippen LogP contribution in [0.15, 0.2) is 10.9 Å². The molecule has 0 aliphatic heterocycles. The largest absolute Gasteiger partial charge is 0.466 e. The van der Waals surface area contributed by atoms with E-state index < -0.39 is 35.5 Å². The highest BCUT2D eigenvalue weighted by Gasteiger charge is 2.36. The lowest BCUT2D eigenvalue weighted by Crippen LogP contribution is -2.26. The minimum Gasteiger partial charge on any atom is -0.466 e. The van der Waals surface area contributed by atoms with Crippen molar-refractivity contribution in [3.05, 3.63) is 27.5 Å². The van der Waals surface area contributed by atoms with E-state index in [2.05, 4.69) is 10.1 Å². The van der Waals surface area contributed by atoms with Crippen LogP contribution in [-0.4, -0.2) is 29.4 Å². The fraction of sp³-hybridized carbons (Fsp3) is 0.500. The molecule has 0 bridgehead atoms. The number of esters is 1. The molecule has 2 N–H and O–H groups in total. The highest BCUT2D eigenvalue weighted by molar-refractivity contribution is 6.08. The average molecular weight is 332 g/mol. The van der Waals surface area contributed by atoms with Crippen molar-refractivity contribution in [1.29, 1.82) is 0 Å². The van der Waals surface area contributed by atoms with Crippen LogP contribution in [0.5, 0.6) is 0 Å². The lowest BCUT2D eigenvalue weighted by atomic mass is 10.1. The van der Waals surface area contributed by atoms with Crippen LogP contribution < -0.4 is 10.9 Å². The summed E-state index contributed by atoms with van der Waals surface area (Å²) in [5, 5.41) is 2.79. The van der Waals surface area contributed by atoms with Gasteiger partial charge in [-0.25, -0.2) is 0 Å². The topological polar surface area (TPSA) is 88.3 Å². The van der Waals surface area contributed by atoms with Crippen molar-refractivity contribution in [3.63, 3.8) is 0 Å². The smallest absolute Gasteiger partial charge is 0.421 e. The number of carbonyl (C=O) groups excluding carboxylic acids is 2. The summed E-state index contributed by atoms with van der Waals surface area (Å²) >= 11 is 0. The summed E-state index contributed by atoms with van der Waals surface area (Å²) in [6.07, 6.45) is -4.02. The van der Waals surface area contributed by atoms with Gasteiger partial charge < -0.3 is 15.0 Å². The molecule has 6 nitrogen and oxygen atoms in total. The van der Waals surface area contributed by atoms with Gasteiger partial charge in [0.05, 0.1) is 12.2 Å². The number of ketones is 1. The van der Waals surface area contributed by atoms with Crippen LogP contribution in [0.4, 0.5) is 19.0 Å². The van der Waals surface area contributed by atoms with Crippen LogP contribution >= 0.6 is 0 Å². The number of carbonyl (C=O) groups is 2.